The van der Waals surface area contributed by atoms with Crippen molar-refractivity contribution in [1.82, 2.24) is 20.2 Å². The third-order valence-electron chi connectivity index (χ3n) is 5.44. The van der Waals surface area contributed by atoms with Gasteiger partial charge in [0.2, 0.25) is 5.82 Å². The first-order chi connectivity index (χ1) is 14.0. The summed E-state index contributed by atoms with van der Waals surface area (Å²) in [6.07, 6.45) is 6.33. The Morgan fingerprint density at radius 2 is 1.76 bits per heavy atom. The lowest BCUT2D eigenvalue weighted by Gasteiger charge is -2.20. The molecule has 5 nitrogen and oxygen atoms in total. The van der Waals surface area contributed by atoms with Gasteiger partial charge in [-0.25, -0.2) is 8.78 Å². The largest absolute Gasteiger partial charge is 0.355 e. The van der Waals surface area contributed by atoms with E-state index in [1.54, 1.807) is 16.9 Å². The molecule has 1 heterocycles. The van der Waals surface area contributed by atoms with Crippen molar-refractivity contribution in [2.45, 2.75) is 51.5 Å². The summed E-state index contributed by atoms with van der Waals surface area (Å²) in [4.78, 5) is 1.69. The minimum atomic E-state index is -2.85. The fourth-order valence-electron chi connectivity index (χ4n) is 3.82. The molecule has 1 N–H and O–H groups in total. The molecule has 1 aliphatic rings. The van der Waals surface area contributed by atoms with Gasteiger partial charge in [0.1, 0.15) is 0 Å². The fourth-order valence-corrected chi connectivity index (χ4v) is 3.82. The van der Waals surface area contributed by atoms with Crippen LogP contribution in [-0.2, 0) is 12.5 Å². The molecule has 1 saturated carbocycles. The van der Waals surface area contributed by atoms with Crippen molar-refractivity contribution in [1.29, 1.82) is 0 Å². The van der Waals surface area contributed by atoms with Crippen LogP contribution in [-0.4, -0.2) is 20.2 Å². The Labute approximate surface area is 169 Å². The predicted octanol–water partition coefficient (Wildman–Crippen LogP) is 5.78. The molecule has 0 spiro atoms. The Kier molecular flexibility index (Phi) is 5.56. The summed E-state index contributed by atoms with van der Waals surface area (Å²) in [5, 5.41) is 16.3. The first kappa shape index (κ1) is 19.5. The molecule has 152 valence electrons. The highest BCUT2D eigenvalue weighted by atomic mass is 19.3. The Hall–Kier alpha value is -2.83. The van der Waals surface area contributed by atoms with E-state index in [1.165, 1.54) is 44.2 Å². The van der Waals surface area contributed by atoms with Crippen LogP contribution in [0.15, 0.2) is 48.5 Å². The number of hydrogen-bond donors (Lipinski definition) is 1. The second-order valence-corrected chi connectivity index (χ2v) is 7.81. The van der Waals surface area contributed by atoms with Gasteiger partial charge in [0.05, 0.1) is 6.54 Å². The summed E-state index contributed by atoms with van der Waals surface area (Å²) in [6, 6.07) is 13.8. The molecule has 7 heteroatoms. The van der Waals surface area contributed by atoms with Gasteiger partial charge < -0.3 is 5.32 Å². The third kappa shape index (κ3) is 4.78. The van der Waals surface area contributed by atoms with Gasteiger partial charge in [-0.2, -0.15) is 4.80 Å². The molecule has 0 aliphatic heterocycles. The highest BCUT2D eigenvalue weighted by molar-refractivity contribution is 5.77. The van der Waals surface area contributed by atoms with Gasteiger partial charge in [0.15, 0.2) is 0 Å². The molecule has 1 aliphatic carbocycles. The van der Waals surface area contributed by atoms with Crippen molar-refractivity contribution >= 4 is 11.4 Å². The molecule has 0 amide bonds. The number of alkyl halides is 2. The lowest BCUT2D eigenvalue weighted by atomic mass is 9.89. The summed E-state index contributed by atoms with van der Waals surface area (Å²) in [6.45, 7) is 1.70. The first-order valence-electron chi connectivity index (χ1n) is 10.1. The van der Waals surface area contributed by atoms with Crippen LogP contribution >= 0.6 is 0 Å². The number of nitrogens with zero attached hydrogens (tertiary/aromatic N) is 4. The average Bonchev–Trinajstić information content (AvgIpc) is 3.17. The number of nitrogens with one attached hydrogen (secondary N) is 1. The number of halogens is 2. The molecule has 1 fully saturated rings. The van der Waals surface area contributed by atoms with Crippen molar-refractivity contribution in [3.05, 3.63) is 54.1 Å². The van der Waals surface area contributed by atoms with E-state index in [-0.39, 0.29) is 5.56 Å². The molecule has 0 unspecified atom stereocenters. The monoisotopic (exact) mass is 397 g/mol. The Morgan fingerprint density at radius 1 is 1.03 bits per heavy atom. The van der Waals surface area contributed by atoms with Gasteiger partial charge in [-0.05, 0) is 48.2 Å². The standard InChI is InChI=1S/C22H25F2N5/c1-22(23,24)17-11-13-18(14-12-17)25-20-10-6-5-9-19(20)21-26-28-29(27-21)15-16-7-3-2-4-8-16/h5-6,9-14,16,25H,2-4,7-8,15H2,1H3. The van der Waals surface area contributed by atoms with Crippen LogP contribution in [0.3, 0.4) is 0 Å². The van der Waals surface area contributed by atoms with Crippen molar-refractivity contribution in [3.63, 3.8) is 0 Å². The van der Waals surface area contributed by atoms with Gasteiger partial charge in [-0.15, -0.1) is 10.2 Å². The van der Waals surface area contributed by atoms with Crippen molar-refractivity contribution < 1.29 is 8.78 Å². The lowest BCUT2D eigenvalue weighted by molar-refractivity contribution is 0.0175. The Balaban J connectivity index is 1.51. The van der Waals surface area contributed by atoms with Crippen molar-refractivity contribution in [3.8, 4) is 11.4 Å². The zero-order valence-electron chi connectivity index (χ0n) is 16.5. The highest BCUT2D eigenvalue weighted by Gasteiger charge is 2.23. The maximum Gasteiger partial charge on any atom is 0.270 e. The molecule has 3 aromatic rings. The molecule has 0 saturated heterocycles. The van der Waals surface area contributed by atoms with Gasteiger partial charge >= 0.3 is 0 Å². The zero-order chi connectivity index (χ0) is 20.3. The number of tetrazole rings is 1. The summed E-state index contributed by atoms with van der Waals surface area (Å²) in [5.41, 5.74) is 2.34. The number of anilines is 2. The Morgan fingerprint density at radius 3 is 2.48 bits per heavy atom. The van der Waals surface area contributed by atoms with E-state index in [4.69, 9.17) is 0 Å². The molecule has 4 rings (SSSR count). The quantitative estimate of drug-likeness (QED) is 0.573. The van der Waals surface area contributed by atoms with E-state index in [1.807, 2.05) is 24.3 Å². The minimum Gasteiger partial charge on any atom is -0.355 e. The van der Waals surface area contributed by atoms with Crippen molar-refractivity contribution in [2.75, 3.05) is 5.32 Å². The molecule has 1 aromatic heterocycles. The average molecular weight is 397 g/mol. The van der Waals surface area contributed by atoms with Crippen LogP contribution in [0.25, 0.3) is 11.4 Å². The van der Waals surface area contributed by atoms with Gasteiger partial charge in [0, 0.05) is 29.4 Å². The van der Waals surface area contributed by atoms with E-state index in [9.17, 15) is 8.78 Å². The predicted molar refractivity (Wildman–Crippen MR) is 109 cm³/mol. The Bertz CT molecular complexity index is 940. The summed E-state index contributed by atoms with van der Waals surface area (Å²) < 4.78 is 26.8. The van der Waals surface area contributed by atoms with Crippen LogP contribution in [0.4, 0.5) is 20.2 Å². The van der Waals surface area contributed by atoms with Crippen LogP contribution in [0.1, 0.15) is 44.6 Å². The maximum atomic E-state index is 13.4. The molecule has 0 atom stereocenters. The van der Waals surface area contributed by atoms with E-state index < -0.39 is 5.92 Å². The number of para-hydroxylation sites is 1. The third-order valence-corrected chi connectivity index (χ3v) is 5.44. The molecular weight excluding hydrogens is 372 g/mol. The van der Waals surface area contributed by atoms with E-state index in [0.717, 1.165) is 30.4 Å². The van der Waals surface area contributed by atoms with Gasteiger partial charge in [-0.3, -0.25) is 0 Å². The molecule has 0 radical (unpaired) electrons. The molecule has 29 heavy (non-hydrogen) atoms. The van der Waals surface area contributed by atoms with Crippen LogP contribution in [0, 0.1) is 5.92 Å². The summed E-state index contributed by atoms with van der Waals surface area (Å²) in [5.74, 6) is -1.67. The number of aromatic nitrogens is 4. The van der Waals surface area contributed by atoms with Gasteiger partial charge in [-0.1, -0.05) is 43.5 Å². The van der Waals surface area contributed by atoms with Crippen LogP contribution in [0.2, 0.25) is 0 Å². The SMILES string of the molecule is CC(F)(F)c1ccc(Nc2ccccc2-c2nnn(CC3CCCCC3)n2)cc1. The smallest absolute Gasteiger partial charge is 0.270 e. The first-order valence-corrected chi connectivity index (χ1v) is 10.1. The van der Waals surface area contributed by atoms with Crippen LogP contribution < -0.4 is 5.32 Å². The topological polar surface area (TPSA) is 55.6 Å². The van der Waals surface area contributed by atoms with Crippen molar-refractivity contribution in [2.24, 2.45) is 5.92 Å². The highest BCUT2D eigenvalue weighted by Crippen LogP contribution is 2.31. The second-order valence-electron chi connectivity index (χ2n) is 7.81. The normalized spacial score (nSPS) is 15.4. The molecular formula is C22H25F2N5. The fraction of sp³-hybridized carbons (Fsp3) is 0.409. The maximum absolute atomic E-state index is 13.4. The second kappa shape index (κ2) is 8.27. The lowest BCUT2D eigenvalue weighted by Crippen LogP contribution is -2.16. The molecule has 0 bridgehead atoms. The number of rotatable bonds is 6. The summed E-state index contributed by atoms with van der Waals surface area (Å²) >= 11 is 0. The van der Waals surface area contributed by atoms with Gasteiger partial charge in [0.25, 0.3) is 5.92 Å². The van der Waals surface area contributed by atoms with Crippen LogP contribution in [0.5, 0.6) is 0 Å². The molecule has 2 aromatic carbocycles. The van der Waals surface area contributed by atoms with E-state index >= 15 is 0 Å². The summed E-state index contributed by atoms with van der Waals surface area (Å²) in [7, 11) is 0. The number of hydrogen-bond acceptors (Lipinski definition) is 4. The number of benzene rings is 2. The van der Waals surface area contributed by atoms with E-state index in [0.29, 0.717) is 11.7 Å². The zero-order valence-corrected chi connectivity index (χ0v) is 16.5. The minimum absolute atomic E-state index is 0.0105. The van der Waals surface area contributed by atoms with E-state index in [2.05, 4.69) is 20.7 Å².